The summed E-state index contributed by atoms with van der Waals surface area (Å²) in [5.41, 5.74) is 0.443. The zero-order chi connectivity index (χ0) is 21.3. The quantitative estimate of drug-likeness (QED) is 0.618. The van der Waals surface area contributed by atoms with Crippen molar-refractivity contribution >= 4 is 17.8 Å². The lowest BCUT2D eigenvalue weighted by molar-refractivity contribution is -0.161. The van der Waals surface area contributed by atoms with Crippen LogP contribution in [0.5, 0.6) is 0 Å². The molecule has 0 radical (unpaired) electrons. The van der Waals surface area contributed by atoms with E-state index >= 15 is 0 Å². The summed E-state index contributed by atoms with van der Waals surface area (Å²) in [5.74, 6) is -1.55. The minimum absolute atomic E-state index is 0.0316. The molecule has 158 valence electrons. The van der Waals surface area contributed by atoms with Gasteiger partial charge in [-0.05, 0) is 45.6 Å². The van der Waals surface area contributed by atoms with Gasteiger partial charge < -0.3 is 14.8 Å². The summed E-state index contributed by atoms with van der Waals surface area (Å²) in [7, 11) is 0. The Morgan fingerprint density at radius 3 is 2.59 bits per heavy atom. The van der Waals surface area contributed by atoms with E-state index < -0.39 is 23.5 Å². The summed E-state index contributed by atoms with van der Waals surface area (Å²) in [5, 5.41) is 2.95. The number of ether oxygens (including phenoxy) is 2. The summed E-state index contributed by atoms with van der Waals surface area (Å²) in [6, 6.07) is 9.41. The minimum atomic E-state index is -0.604. The maximum Gasteiger partial charge on any atom is 0.309 e. The fraction of sp³-hybridized carbons (Fsp3) is 0.522. The van der Waals surface area contributed by atoms with Gasteiger partial charge in [-0.3, -0.25) is 14.4 Å². The van der Waals surface area contributed by atoms with Crippen LogP contribution in [0.2, 0.25) is 0 Å². The highest BCUT2D eigenvalue weighted by molar-refractivity contribution is 5.80. The second-order valence-corrected chi connectivity index (χ2v) is 8.32. The van der Waals surface area contributed by atoms with E-state index in [1.165, 1.54) is 0 Å². The number of nitrogens with one attached hydrogen (secondary N) is 1. The van der Waals surface area contributed by atoms with Crippen LogP contribution in [0.15, 0.2) is 42.5 Å². The lowest BCUT2D eigenvalue weighted by Gasteiger charge is -2.23. The van der Waals surface area contributed by atoms with E-state index in [2.05, 4.69) is 5.32 Å². The second-order valence-electron chi connectivity index (χ2n) is 8.32. The molecule has 0 saturated carbocycles. The van der Waals surface area contributed by atoms with Crippen molar-refractivity contribution in [1.82, 2.24) is 5.32 Å². The Bertz CT molecular complexity index is 721. The van der Waals surface area contributed by atoms with Crippen LogP contribution >= 0.6 is 0 Å². The maximum absolute atomic E-state index is 12.6. The predicted octanol–water partition coefficient (Wildman–Crippen LogP) is 3.35. The first-order valence-electron chi connectivity index (χ1n) is 10.1. The fourth-order valence-corrected chi connectivity index (χ4v) is 3.09. The van der Waals surface area contributed by atoms with E-state index in [0.29, 0.717) is 25.7 Å². The third kappa shape index (κ3) is 8.94. The SMILES string of the molecule is CC(C)(C)OC(=O)C[C@@H]1C/C=C\CCC(=O)N[C@H](Cc2ccccc2)COC1=O. The Labute approximate surface area is 172 Å². The number of carbonyl (C=O) groups excluding carboxylic acids is 3. The smallest absolute Gasteiger partial charge is 0.309 e. The monoisotopic (exact) mass is 401 g/mol. The molecule has 1 aliphatic heterocycles. The van der Waals surface area contributed by atoms with Crippen molar-refractivity contribution < 1.29 is 23.9 Å². The van der Waals surface area contributed by atoms with Gasteiger partial charge in [-0.1, -0.05) is 42.5 Å². The zero-order valence-electron chi connectivity index (χ0n) is 17.5. The number of benzene rings is 1. The van der Waals surface area contributed by atoms with Crippen LogP contribution < -0.4 is 5.32 Å². The third-order valence-corrected chi connectivity index (χ3v) is 4.41. The molecule has 1 N–H and O–H groups in total. The van der Waals surface area contributed by atoms with Gasteiger partial charge in [0.2, 0.25) is 5.91 Å². The molecular weight excluding hydrogens is 370 g/mol. The van der Waals surface area contributed by atoms with Gasteiger partial charge in [-0.15, -0.1) is 0 Å². The molecular formula is C23H31NO5. The summed E-state index contributed by atoms with van der Waals surface area (Å²) in [4.78, 5) is 37.0. The second kappa shape index (κ2) is 10.8. The largest absolute Gasteiger partial charge is 0.463 e. The number of hydrogen-bond donors (Lipinski definition) is 1. The number of carbonyl (C=O) groups is 3. The van der Waals surface area contributed by atoms with Gasteiger partial charge in [-0.25, -0.2) is 0 Å². The van der Waals surface area contributed by atoms with E-state index in [1.54, 1.807) is 20.8 Å². The Balaban J connectivity index is 2.06. The van der Waals surface area contributed by atoms with Crippen molar-refractivity contribution in [2.24, 2.45) is 5.92 Å². The van der Waals surface area contributed by atoms with Crippen LogP contribution in [-0.4, -0.2) is 36.1 Å². The van der Waals surface area contributed by atoms with Crippen LogP contribution in [0.25, 0.3) is 0 Å². The van der Waals surface area contributed by atoms with Crippen LogP contribution in [-0.2, 0) is 30.3 Å². The van der Waals surface area contributed by atoms with Gasteiger partial charge in [0, 0.05) is 6.42 Å². The van der Waals surface area contributed by atoms with Crippen molar-refractivity contribution in [2.45, 2.75) is 64.5 Å². The lowest BCUT2D eigenvalue weighted by atomic mass is 10.00. The zero-order valence-corrected chi connectivity index (χ0v) is 17.5. The van der Waals surface area contributed by atoms with Crippen LogP contribution in [0.3, 0.4) is 0 Å². The van der Waals surface area contributed by atoms with Crippen LogP contribution in [0.1, 0.15) is 52.0 Å². The molecule has 29 heavy (non-hydrogen) atoms. The van der Waals surface area contributed by atoms with Crippen molar-refractivity contribution in [2.75, 3.05) is 6.61 Å². The summed E-state index contributed by atoms with van der Waals surface area (Å²) < 4.78 is 10.8. The highest BCUT2D eigenvalue weighted by Crippen LogP contribution is 2.18. The summed E-state index contributed by atoms with van der Waals surface area (Å²) >= 11 is 0. The molecule has 6 nitrogen and oxygen atoms in total. The molecule has 0 saturated heterocycles. The first-order valence-corrected chi connectivity index (χ1v) is 10.1. The number of amides is 1. The third-order valence-electron chi connectivity index (χ3n) is 4.41. The maximum atomic E-state index is 12.6. The Morgan fingerprint density at radius 2 is 1.90 bits per heavy atom. The van der Waals surface area contributed by atoms with Gasteiger partial charge >= 0.3 is 11.9 Å². The number of esters is 2. The minimum Gasteiger partial charge on any atom is -0.463 e. The molecule has 0 unspecified atom stereocenters. The average Bonchev–Trinajstić information content (AvgIpc) is 2.63. The number of hydrogen-bond acceptors (Lipinski definition) is 5. The average molecular weight is 402 g/mol. The highest BCUT2D eigenvalue weighted by Gasteiger charge is 2.27. The van der Waals surface area contributed by atoms with Crippen molar-refractivity contribution in [3.63, 3.8) is 0 Å². The van der Waals surface area contributed by atoms with Crippen molar-refractivity contribution in [3.05, 3.63) is 48.0 Å². The molecule has 0 aliphatic carbocycles. The van der Waals surface area contributed by atoms with Gasteiger partial charge in [0.25, 0.3) is 0 Å². The molecule has 2 atom stereocenters. The molecule has 0 spiro atoms. The van der Waals surface area contributed by atoms with Gasteiger partial charge in [0.15, 0.2) is 0 Å². The van der Waals surface area contributed by atoms with Gasteiger partial charge in [0.1, 0.15) is 12.2 Å². The molecule has 1 aromatic carbocycles. The molecule has 0 bridgehead atoms. The van der Waals surface area contributed by atoms with E-state index in [4.69, 9.17) is 9.47 Å². The van der Waals surface area contributed by atoms with E-state index in [0.717, 1.165) is 5.56 Å². The van der Waals surface area contributed by atoms with Crippen molar-refractivity contribution in [1.29, 1.82) is 0 Å². The predicted molar refractivity (Wildman–Crippen MR) is 110 cm³/mol. The van der Waals surface area contributed by atoms with Crippen LogP contribution in [0, 0.1) is 5.92 Å². The van der Waals surface area contributed by atoms with E-state index in [-0.39, 0.29) is 25.0 Å². The topological polar surface area (TPSA) is 81.7 Å². The lowest BCUT2D eigenvalue weighted by Crippen LogP contribution is -2.41. The van der Waals surface area contributed by atoms with Crippen molar-refractivity contribution in [3.8, 4) is 0 Å². The van der Waals surface area contributed by atoms with E-state index in [9.17, 15) is 14.4 Å². The molecule has 1 amide bonds. The number of cyclic esters (lactones) is 1. The fourth-order valence-electron chi connectivity index (χ4n) is 3.09. The van der Waals surface area contributed by atoms with E-state index in [1.807, 2.05) is 42.5 Å². The van der Waals surface area contributed by atoms with Crippen LogP contribution in [0.4, 0.5) is 0 Å². The molecule has 2 rings (SSSR count). The molecule has 1 heterocycles. The normalized spacial score (nSPS) is 22.4. The Hall–Kier alpha value is -2.63. The standard InChI is InChI=1S/C23H31NO5/c1-23(2,3)29-21(26)15-18-12-8-5-9-13-20(25)24-19(16-28-22(18)27)14-17-10-6-4-7-11-17/h4-8,10-11,18-19H,9,12-16H2,1-3H3,(H,24,25)/b8-5-/t18-,19+/m0/s1. The summed E-state index contributed by atoms with van der Waals surface area (Å²) in [6.07, 6.45) is 5.55. The number of rotatable bonds is 4. The highest BCUT2D eigenvalue weighted by atomic mass is 16.6. The number of allylic oxidation sites excluding steroid dienone is 2. The van der Waals surface area contributed by atoms with Gasteiger partial charge in [-0.2, -0.15) is 0 Å². The molecule has 0 fully saturated rings. The molecule has 0 aromatic heterocycles. The van der Waals surface area contributed by atoms with Gasteiger partial charge in [0.05, 0.1) is 18.4 Å². The Kier molecular flexibility index (Phi) is 8.43. The first-order chi connectivity index (χ1) is 13.7. The first kappa shape index (κ1) is 22.7. The molecule has 1 aromatic rings. The Morgan fingerprint density at radius 1 is 1.17 bits per heavy atom. The molecule has 6 heteroatoms. The molecule has 1 aliphatic rings. The summed E-state index contributed by atoms with van der Waals surface area (Å²) in [6.45, 7) is 5.44.